The summed E-state index contributed by atoms with van der Waals surface area (Å²) in [4.78, 5) is 26.3. The largest absolute Gasteiger partial charge is 0.479 e. The van der Waals surface area contributed by atoms with Crippen LogP contribution in [0, 0.1) is 16.7 Å². The zero-order valence-corrected chi connectivity index (χ0v) is 14.4. The maximum Gasteiger partial charge on any atom is 0.331 e. The molecule has 2 bridgehead atoms. The van der Waals surface area contributed by atoms with E-state index < -0.39 is 11.5 Å². The number of nitrogens with zero attached hydrogens (tertiary/aromatic N) is 1. The zero-order chi connectivity index (χ0) is 16.9. The van der Waals surface area contributed by atoms with Crippen molar-refractivity contribution in [3.63, 3.8) is 0 Å². The maximum absolute atomic E-state index is 12.7. The molecule has 3 fully saturated rings. The van der Waals surface area contributed by atoms with Gasteiger partial charge in [0.05, 0.1) is 6.61 Å². The van der Waals surface area contributed by atoms with E-state index in [1.165, 1.54) is 0 Å². The van der Waals surface area contributed by atoms with E-state index in [2.05, 4.69) is 26.1 Å². The molecule has 0 spiro atoms. The molecule has 2 amide bonds. The second kappa shape index (κ2) is 5.36. The molecule has 2 heterocycles. The normalized spacial score (nSPS) is 39.1. The van der Waals surface area contributed by atoms with E-state index in [1.807, 2.05) is 4.90 Å². The van der Waals surface area contributed by atoms with Crippen molar-refractivity contribution >= 4 is 12.0 Å². The summed E-state index contributed by atoms with van der Waals surface area (Å²) in [6.45, 7) is 8.87. The zero-order valence-electron chi connectivity index (χ0n) is 14.4. The van der Waals surface area contributed by atoms with E-state index in [4.69, 9.17) is 4.74 Å². The topological polar surface area (TPSA) is 78.9 Å². The first-order valence-electron chi connectivity index (χ1n) is 8.58. The molecule has 2 saturated heterocycles. The van der Waals surface area contributed by atoms with Gasteiger partial charge in [-0.25, -0.2) is 9.59 Å². The standard InChI is InChI=1S/C17H28N2O4/c1-15(2)12-5-7-16(15,3)10-19(9-12)14(22)18-17(13(20)21)6-4-8-23-11-17/h12H,4-11H2,1-3H3,(H,18,22)(H,20,21)/t12-,16+,17?/m1/s1. The molecule has 1 unspecified atom stereocenters. The average molecular weight is 324 g/mol. The monoisotopic (exact) mass is 324 g/mol. The van der Waals surface area contributed by atoms with E-state index in [0.29, 0.717) is 38.5 Å². The van der Waals surface area contributed by atoms with Crippen LogP contribution in [0.2, 0.25) is 0 Å². The summed E-state index contributed by atoms with van der Waals surface area (Å²) in [5, 5.41) is 12.4. The van der Waals surface area contributed by atoms with E-state index >= 15 is 0 Å². The number of piperidine rings is 1. The van der Waals surface area contributed by atoms with Crippen LogP contribution in [-0.2, 0) is 9.53 Å². The fourth-order valence-electron chi connectivity index (χ4n) is 4.58. The Kier molecular flexibility index (Phi) is 3.86. The minimum atomic E-state index is -1.28. The van der Waals surface area contributed by atoms with E-state index in [-0.39, 0.29) is 23.5 Å². The van der Waals surface area contributed by atoms with Gasteiger partial charge in [0.2, 0.25) is 0 Å². The molecule has 130 valence electrons. The van der Waals surface area contributed by atoms with Crippen LogP contribution < -0.4 is 5.32 Å². The third-order valence-corrected chi connectivity index (χ3v) is 6.88. The molecule has 0 aromatic heterocycles. The predicted octanol–water partition coefficient (Wildman–Crippen LogP) is 2.09. The summed E-state index contributed by atoms with van der Waals surface area (Å²) >= 11 is 0. The quantitative estimate of drug-likeness (QED) is 0.815. The van der Waals surface area contributed by atoms with Crippen LogP contribution in [0.5, 0.6) is 0 Å². The number of ether oxygens (including phenoxy) is 1. The lowest BCUT2D eigenvalue weighted by Gasteiger charge is -2.50. The molecule has 1 saturated carbocycles. The van der Waals surface area contributed by atoms with Gasteiger partial charge in [-0.2, -0.15) is 0 Å². The minimum Gasteiger partial charge on any atom is -0.479 e. The summed E-state index contributed by atoms with van der Waals surface area (Å²) in [6, 6.07) is -0.258. The highest BCUT2D eigenvalue weighted by atomic mass is 16.5. The highest BCUT2D eigenvalue weighted by Gasteiger charge is 2.56. The van der Waals surface area contributed by atoms with Gasteiger partial charge in [-0.3, -0.25) is 0 Å². The number of carbonyl (C=O) groups excluding carboxylic acids is 1. The number of amides is 2. The molecule has 0 radical (unpaired) electrons. The number of fused-ring (bicyclic) bond motifs is 2. The van der Waals surface area contributed by atoms with Gasteiger partial charge in [0.25, 0.3) is 0 Å². The maximum atomic E-state index is 12.7. The Morgan fingerprint density at radius 1 is 1.26 bits per heavy atom. The van der Waals surface area contributed by atoms with Crippen LogP contribution in [0.4, 0.5) is 4.79 Å². The highest BCUT2D eigenvalue weighted by Crippen LogP contribution is 2.58. The van der Waals surface area contributed by atoms with E-state index in [0.717, 1.165) is 12.8 Å². The number of hydrogen-bond donors (Lipinski definition) is 2. The van der Waals surface area contributed by atoms with Crippen molar-refractivity contribution in [2.24, 2.45) is 16.7 Å². The van der Waals surface area contributed by atoms with Crippen LogP contribution in [0.15, 0.2) is 0 Å². The molecule has 23 heavy (non-hydrogen) atoms. The van der Waals surface area contributed by atoms with E-state index in [9.17, 15) is 14.7 Å². The number of carboxylic acid groups (broad SMARTS) is 1. The number of carbonyl (C=O) groups is 2. The fraction of sp³-hybridized carbons (Fsp3) is 0.882. The molecule has 6 heteroatoms. The molecule has 3 atom stereocenters. The molecule has 0 aromatic rings. The molecular formula is C17H28N2O4. The summed E-state index contributed by atoms with van der Waals surface area (Å²) in [5.74, 6) is -0.521. The van der Waals surface area contributed by atoms with Crippen molar-refractivity contribution in [3.05, 3.63) is 0 Å². The van der Waals surface area contributed by atoms with Crippen LogP contribution in [0.1, 0.15) is 46.5 Å². The number of nitrogens with one attached hydrogen (secondary N) is 1. The smallest absolute Gasteiger partial charge is 0.331 e. The number of carboxylic acids is 1. The third-order valence-electron chi connectivity index (χ3n) is 6.88. The number of likely N-dealkylation sites (tertiary alicyclic amines) is 1. The SMILES string of the molecule is CC1(C)[C@@H]2CC[C@@]1(C)CN(C(=O)NC1(C(=O)O)CCCOC1)C2. The lowest BCUT2D eigenvalue weighted by atomic mass is 9.63. The van der Waals surface area contributed by atoms with Crippen LogP contribution >= 0.6 is 0 Å². The molecule has 2 N–H and O–H groups in total. The lowest BCUT2D eigenvalue weighted by Crippen LogP contribution is -2.64. The Balaban J connectivity index is 1.73. The van der Waals surface area contributed by atoms with Gasteiger partial charge in [-0.1, -0.05) is 20.8 Å². The Bertz CT molecular complexity index is 513. The summed E-state index contributed by atoms with van der Waals surface area (Å²) in [5.41, 5.74) is -0.947. The van der Waals surface area contributed by atoms with Crippen molar-refractivity contribution in [1.82, 2.24) is 10.2 Å². The van der Waals surface area contributed by atoms with Gasteiger partial charge in [0.15, 0.2) is 5.54 Å². The second-order valence-corrected chi connectivity index (χ2v) is 8.37. The number of hydrogen-bond acceptors (Lipinski definition) is 3. The second-order valence-electron chi connectivity index (χ2n) is 8.37. The Hall–Kier alpha value is -1.30. The Labute approximate surface area is 137 Å². The van der Waals surface area contributed by atoms with Gasteiger partial charge >= 0.3 is 12.0 Å². The van der Waals surface area contributed by atoms with Crippen molar-refractivity contribution in [1.29, 1.82) is 0 Å². The average Bonchev–Trinajstić information content (AvgIpc) is 2.65. The van der Waals surface area contributed by atoms with Crippen molar-refractivity contribution in [2.75, 3.05) is 26.3 Å². The van der Waals surface area contributed by atoms with Crippen molar-refractivity contribution < 1.29 is 19.4 Å². The van der Waals surface area contributed by atoms with Gasteiger partial charge in [0.1, 0.15) is 0 Å². The highest BCUT2D eigenvalue weighted by molar-refractivity contribution is 5.86. The van der Waals surface area contributed by atoms with Gasteiger partial charge in [0, 0.05) is 19.7 Å². The summed E-state index contributed by atoms with van der Waals surface area (Å²) in [6.07, 6.45) is 3.34. The van der Waals surface area contributed by atoms with Crippen LogP contribution in [-0.4, -0.2) is 53.8 Å². The van der Waals surface area contributed by atoms with Crippen LogP contribution in [0.3, 0.4) is 0 Å². The number of aliphatic carboxylic acids is 1. The Morgan fingerprint density at radius 2 is 2.00 bits per heavy atom. The lowest BCUT2D eigenvalue weighted by molar-refractivity contribution is -0.150. The molecule has 3 aliphatic rings. The molecule has 2 aliphatic heterocycles. The minimum absolute atomic E-state index is 0.0497. The Morgan fingerprint density at radius 3 is 2.57 bits per heavy atom. The molecule has 0 aromatic carbocycles. The van der Waals surface area contributed by atoms with E-state index in [1.54, 1.807) is 0 Å². The van der Waals surface area contributed by atoms with Crippen molar-refractivity contribution in [3.8, 4) is 0 Å². The molecule has 1 aliphatic carbocycles. The van der Waals surface area contributed by atoms with Gasteiger partial charge in [-0.05, 0) is 42.4 Å². The first-order chi connectivity index (χ1) is 10.7. The van der Waals surface area contributed by atoms with Gasteiger partial charge in [-0.15, -0.1) is 0 Å². The van der Waals surface area contributed by atoms with Crippen LogP contribution in [0.25, 0.3) is 0 Å². The predicted molar refractivity (Wildman–Crippen MR) is 85.1 cm³/mol. The summed E-state index contributed by atoms with van der Waals surface area (Å²) < 4.78 is 5.33. The first-order valence-corrected chi connectivity index (χ1v) is 8.58. The fourth-order valence-corrected chi connectivity index (χ4v) is 4.58. The van der Waals surface area contributed by atoms with Crippen molar-refractivity contribution in [2.45, 2.75) is 52.0 Å². The molecule has 3 rings (SSSR count). The first kappa shape index (κ1) is 16.6. The van der Waals surface area contributed by atoms with Gasteiger partial charge < -0.3 is 20.1 Å². The molecular weight excluding hydrogens is 296 g/mol. The summed E-state index contributed by atoms with van der Waals surface area (Å²) in [7, 11) is 0. The number of urea groups is 1. The molecule has 6 nitrogen and oxygen atoms in total. The third kappa shape index (κ3) is 2.51. The number of rotatable bonds is 2.